The molecule has 3 N–H and O–H groups in total. The lowest BCUT2D eigenvalue weighted by Crippen LogP contribution is -3.28. The van der Waals surface area contributed by atoms with Crippen LogP contribution in [-0.2, 0) is 0 Å². The fourth-order valence-corrected chi connectivity index (χ4v) is 3.36. The van der Waals surface area contributed by atoms with E-state index in [4.69, 9.17) is 4.74 Å². The zero-order valence-corrected chi connectivity index (χ0v) is 13.9. The third kappa shape index (κ3) is 4.44. The highest BCUT2D eigenvalue weighted by atomic mass is 16.5. The number of fused-ring (bicyclic) bond motifs is 1. The van der Waals surface area contributed by atoms with Crippen molar-refractivity contribution in [1.29, 1.82) is 0 Å². The number of nitrogens with one attached hydrogen (secondary N) is 2. The van der Waals surface area contributed by atoms with Crippen LogP contribution in [0, 0.1) is 0 Å². The van der Waals surface area contributed by atoms with Crippen LogP contribution >= 0.6 is 0 Å². The van der Waals surface area contributed by atoms with Crippen LogP contribution in [0.1, 0.15) is 6.92 Å². The first-order valence-corrected chi connectivity index (χ1v) is 8.71. The van der Waals surface area contributed by atoms with E-state index in [1.54, 1.807) is 4.90 Å². The van der Waals surface area contributed by atoms with E-state index >= 15 is 0 Å². The van der Waals surface area contributed by atoms with Crippen molar-refractivity contribution in [1.82, 2.24) is 0 Å². The molecule has 2 aromatic carbocycles. The summed E-state index contributed by atoms with van der Waals surface area (Å²) in [6, 6.07) is 14.3. The molecule has 4 heteroatoms. The average molecular weight is 316 g/mol. The molecule has 3 rings (SSSR count). The maximum atomic E-state index is 10.2. The van der Waals surface area contributed by atoms with Crippen LogP contribution in [0.25, 0.3) is 10.8 Å². The van der Waals surface area contributed by atoms with Gasteiger partial charge >= 0.3 is 0 Å². The van der Waals surface area contributed by atoms with Gasteiger partial charge in [0.05, 0.1) is 6.54 Å². The van der Waals surface area contributed by atoms with Crippen LogP contribution in [-0.4, -0.2) is 57.1 Å². The number of likely N-dealkylation sites (N-methyl/N-ethyl adjacent to an activating group) is 1. The maximum absolute atomic E-state index is 10.2. The average Bonchev–Trinajstić information content (AvgIpc) is 2.60. The number of hydrogen-bond acceptors (Lipinski definition) is 2. The Bertz CT molecular complexity index is 624. The minimum atomic E-state index is -0.403. The second-order valence-corrected chi connectivity index (χ2v) is 6.53. The highest BCUT2D eigenvalue weighted by molar-refractivity contribution is 5.83. The van der Waals surface area contributed by atoms with E-state index < -0.39 is 6.10 Å². The van der Waals surface area contributed by atoms with Gasteiger partial charge < -0.3 is 19.6 Å². The molecule has 1 heterocycles. The minimum Gasteiger partial charge on any atom is -0.491 e. The first kappa shape index (κ1) is 16.2. The van der Waals surface area contributed by atoms with Crippen LogP contribution in [0.15, 0.2) is 42.5 Å². The number of aliphatic hydroxyl groups excluding tert-OH is 1. The highest BCUT2D eigenvalue weighted by Gasteiger charge is 2.23. The largest absolute Gasteiger partial charge is 0.491 e. The normalized spacial score (nSPS) is 22.9. The third-order valence-electron chi connectivity index (χ3n) is 4.85. The van der Waals surface area contributed by atoms with E-state index in [2.05, 4.69) is 25.1 Å². The Labute approximate surface area is 138 Å². The molecule has 1 aliphatic rings. The van der Waals surface area contributed by atoms with Gasteiger partial charge in [0.2, 0.25) is 0 Å². The van der Waals surface area contributed by atoms with Crippen LogP contribution in [0.3, 0.4) is 0 Å². The fraction of sp³-hybridized carbons (Fsp3) is 0.474. The summed E-state index contributed by atoms with van der Waals surface area (Å²) < 4.78 is 5.79. The van der Waals surface area contributed by atoms with Gasteiger partial charge in [-0.3, -0.25) is 0 Å². The molecule has 23 heavy (non-hydrogen) atoms. The molecule has 0 unspecified atom stereocenters. The molecule has 0 aromatic heterocycles. The van der Waals surface area contributed by atoms with Crippen molar-refractivity contribution in [2.24, 2.45) is 0 Å². The summed E-state index contributed by atoms with van der Waals surface area (Å²) >= 11 is 0. The van der Waals surface area contributed by atoms with Crippen molar-refractivity contribution in [3.8, 4) is 5.75 Å². The monoisotopic (exact) mass is 316 g/mol. The Kier molecular flexibility index (Phi) is 5.49. The zero-order valence-electron chi connectivity index (χ0n) is 13.9. The molecule has 0 saturated carbocycles. The topological polar surface area (TPSA) is 38.3 Å². The second-order valence-electron chi connectivity index (χ2n) is 6.53. The van der Waals surface area contributed by atoms with Gasteiger partial charge in [-0.15, -0.1) is 0 Å². The van der Waals surface area contributed by atoms with E-state index in [1.807, 2.05) is 24.3 Å². The van der Waals surface area contributed by atoms with Gasteiger partial charge in [0.15, 0.2) is 0 Å². The highest BCUT2D eigenvalue weighted by Crippen LogP contribution is 2.20. The minimum absolute atomic E-state index is 0.367. The lowest BCUT2D eigenvalue weighted by Gasteiger charge is -2.30. The summed E-state index contributed by atoms with van der Waals surface area (Å²) in [6.45, 7) is 9.32. The Hall–Kier alpha value is -1.62. The molecule has 0 spiro atoms. The Balaban J connectivity index is 1.47. The van der Waals surface area contributed by atoms with Gasteiger partial charge in [0, 0.05) is 0 Å². The van der Waals surface area contributed by atoms with Crippen molar-refractivity contribution in [2.75, 3.05) is 45.9 Å². The Morgan fingerprint density at radius 2 is 1.70 bits per heavy atom. The van der Waals surface area contributed by atoms with Crippen LogP contribution in [0.5, 0.6) is 5.75 Å². The molecule has 124 valence electrons. The predicted octanol–water partition coefficient (Wildman–Crippen LogP) is -0.617. The molecular weight excluding hydrogens is 288 g/mol. The first-order chi connectivity index (χ1) is 11.2. The van der Waals surface area contributed by atoms with Crippen LogP contribution in [0.4, 0.5) is 0 Å². The second kappa shape index (κ2) is 7.77. The summed E-state index contributed by atoms with van der Waals surface area (Å²) in [7, 11) is 0. The molecule has 1 atom stereocenters. The van der Waals surface area contributed by atoms with Gasteiger partial charge in [-0.25, -0.2) is 0 Å². The SMILES string of the molecule is CC[NH+]1CC[NH+](C[C@H](O)COc2ccc3ccccc3c2)CC1. The van der Waals surface area contributed by atoms with Crippen molar-refractivity contribution >= 4 is 10.8 Å². The number of rotatable bonds is 6. The number of benzene rings is 2. The molecule has 1 fully saturated rings. The standard InChI is InChI=1S/C19H26N2O2/c1-2-20-9-11-21(12-10-20)14-18(22)15-23-19-8-7-16-5-3-4-6-17(16)13-19/h3-8,13,18,22H,2,9-12,14-15H2,1H3/p+2/t18-/m0/s1. The molecule has 0 amide bonds. The van der Waals surface area contributed by atoms with Crippen molar-refractivity contribution in [3.63, 3.8) is 0 Å². The lowest BCUT2D eigenvalue weighted by atomic mass is 10.1. The quantitative estimate of drug-likeness (QED) is 0.665. The number of quaternary nitrogens is 2. The molecule has 0 bridgehead atoms. The van der Waals surface area contributed by atoms with Gasteiger partial charge in [0.25, 0.3) is 0 Å². The zero-order chi connectivity index (χ0) is 16.1. The molecule has 1 saturated heterocycles. The van der Waals surface area contributed by atoms with E-state index in [0.717, 1.165) is 25.4 Å². The lowest BCUT2D eigenvalue weighted by molar-refractivity contribution is -1.01. The molecular formula is C19H28N2O2+2. The summed E-state index contributed by atoms with van der Waals surface area (Å²) in [4.78, 5) is 3.17. The number of hydrogen-bond donors (Lipinski definition) is 3. The third-order valence-corrected chi connectivity index (χ3v) is 4.85. The van der Waals surface area contributed by atoms with Gasteiger partial charge in [-0.2, -0.15) is 0 Å². The van der Waals surface area contributed by atoms with Gasteiger partial charge in [-0.05, 0) is 29.8 Å². The first-order valence-electron chi connectivity index (χ1n) is 8.71. The smallest absolute Gasteiger partial charge is 0.137 e. The molecule has 0 aliphatic carbocycles. The van der Waals surface area contributed by atoms with E-state index in [0.29, 0.717) is 6.61 Å². The van der Waals surface area contributed by atoms with Gasteiger partial charge in [0.1, 0.15) is 51.2 Å². The van der Waals surface area contributed by atoms with E-state index in [1.165, 1.54) is 35.3 Å². The van der Waals surface area contributed by atoms with Crippen LogP contribution < -0.4 is 14.5 Å². The van der Waals surface area contributed by atoms with Crippen molar-refractivity contribution < 1.29 is 19.6 Å². The molecule has 2 aromatic rings. The predicted molar refractivity (Wildman–Crippen MR) is 92.3 cm³/mol. The Morgan fingerprint density at radius 1 is 1.00 bits per heavy atom. The summed E-state index contributed by atoms with van der Waals surface area (Å²) in [5.74, 6) is 0.831. The molecule has 4 nitrogen and oxygen atoms in total. The van der Waals surface area contributed by atoms with Crippen molar-refractivity contribution in [2.45, 2.75) is 13.0 Å². The van der Waals surface area contributed by atoms with Crippen LogP contribution in [0.2, 0.25) is 0 Å². The molecule has 0 radical (unpaired) electrons. The summed E-state index contributed by atoms with van der Waals surface area (Å²) in [6.07, 6.45) is -0.403. The maximum Gasteiger partial charge on any atom is 0.137 e. The molecule has 1 aliphatic heterocycles. The number of piperazine rings is 1. The van der Waals surface area contributed by atoms with E-state index in [9.17, 15) is 5.11 Å². The number of aliphatic hydroxyl groups is 1. The fourth-order valence-electron chi connectivity index (χ4n) is 3.36. The number of ether oxygens (including phenoxy) is 1. The van der Waals surface area contributed by atoms with Crippen molar-refractivity contribution in [3.05, 3.63) is 42.5 Å². The van der Waals surface area contributed by atoms with E-state index in [-0.39, 0.29) is 0 Å². The Morgan fingerprint density at radius 3 is 2.43 bits per heavy atom. The summed E-state index contributed by atoms with van der Waals surface area (Å²) in [5, 5.41) is 12.6. The summed E-state index contributed by atoms with van der Waals surface area (Å²) in [5.41, 5.74) is 0. The van der Waals surface area contributed by atoms with Gasteiger partial charge in [-0.1, -0.05) is 30.3 Å².